The van der Waals surface area contributed by atoms with Crippen LogP contribution in [0.2, 0.25) is 0 Å². The van der Waals surface area contributed by atoms with E-state index in [1.807, 2.05) is 38.1 Å². The number of pyridine rings is 1. The van der Waals surface area contributed by atoms with E-state index >= 15 is 0 Å². The molecule has 0 bridgehead atoms. The number of rotatable bonds is 8. The Kier molecular flexibility index (Phi) is 8.81. The van der Waals surface area contributed by atoms with Crippen LogP contribution in [0.3, 0.4) is 0 Å². The van der Waals surface area contributed by atoms with E-state index in [4.69, 9.17) is 9.47 Å². The van der Waals surface area contributed by atoms with E-state index in [9.17, 15) is 9.59 Å². The first kappa shape index (κ1) is 26.9. The number of benzene rings is 2. The number of carbonyl (C=O) groups excluding carboxylic acids is 2. The lowest BCUT2D eigenvalue weighted by molar-refractivity contribution is 0.102. The van der Waals surface area contributed by atoms with Crippen molar-refractivity contribution in [3.63, 3.8) is 0 Å². The lowest BCUT2D eigenvalue weighted by atomic mass is 10.0. The van der Waals surface area contributed by atoms with Crippen LogP contribution in [0.5, 0.6) is 5.75 Å². The SMILES string of the molecule is CCN(CC)c1cccc(C(=O)Nc2cc(NC(=O)Oc3ccnc(N4CCOCC4)c3)ccc2C)c1C. The van der Waals surface area contributed by atoms with Gasteiger partial charge >= 0.3 is 6.09 Å². The molecule has 9 nitrogen and oxygen atoms in total. The standard InChI is InChI=1S/C29H35N5O4/c1-5-33(6-2)26-9-7-8-24(21(26)4)28(35)32-25-18-22(11-10-20(25)3)31-29(36)38-23-12-13-30-27(19-23)34-14-16-37-17-15-34/h7-13,18-19H,5-6,14-17H2,1-4H3,(H,31,36)(H,32,35). The summed E-state index contributed by atoms with van der Waals surface area (Å²) in [4.78, 5) is 34.5. The molecule has 0 aliphatic carbocycles. The summed E-state index contributed by atoms with van der Waals surface area (Å²) in [5, 5.41) is 5.75. The van der Waals surface area contributed by atoms with Gasteiger partial charge in [0.15, 0.2) is 0 Å². The average molecular weight is 518 g/mol. The highest BCUT2D eigenvalue weighted by Gasteiger charge is 2.17. The van der Waals surface area contributed by atoms with Crippen molar-refractivity contribution in [2.24, 2.45) is 0 Å². The average Bonchev–Trinajstić information content (AvgIpc) is 2.92. The molecular weight excluding hydrogens is 482 g/mol. The van der Waals surface area contributed by atoms with Crippen molar-refractivity contribution in [3.8, 4) is 5.75 Å². The normalized spacial score (nSPS) is 13.1. The highest BCUT2D eigenvalue weighted by atomic mass is 16.6. The molecular formula is C29H35N5O4. The van der Waals surface area contributed by atoms with Gasteiger partial charge in [-0.25, -0.2) is 9.78 Å². The zero-order valence-electron chi connectivity index (χ0n) is 22.4. The number of morpholine rings is 1. The van der Waals surface area contributed by atoms with Crippen LogP contribution < -0.4 is 25.2 Å². The predicted molar refractivity (Wildman–Crippen MR) is 151 cm³/mol. The molecule has 0 radical (unpaired) electrons. The second kappa shape index (κ2) is 12.4. The number of ether oxygens (including phenoxy) is 2. The maximum absolute atomic E-state index is 13.2. The van der Waals surface area contributed by atoms with E-state index in [0.717, 1.165) is 48.8 Å². The van der Waals surface area contributed by atoms with Crippen LogP contribution in [-0.2, 0) is 4.74 Å². The molecule has 2 N–H and O–H groups in total. The van der Waals surface area contributed by atoms with Crippen LogP contribution >= 0.6 is 0 Å². The van der Waals surface area contributed by atoms with Crippen molar-refractivity contribution in [3.05, 3.63) is 71.4 Å². The number of carbonyl (C=O) groups is 2. The van der Waals surface area contributed by atoms with Gasteiger partial charge in [0.25, 0.3) is 5.91 Å². The molecule has 0 spiro atoms. The van der Waals surface area contributed by atoms with Crippen molar-refractivity contribution in [2.45, 2.75) is 27.7 Å². The first-order chi connectivity index (χ1) is 18.4. The number of amides is 2. The first-order valence-electron chi connectivity index (χ1n) is 12.9. The minimum Gasteiger partial charge on any atom is -0.410 e. The van der Waals surface area contributed by atoms with Crippen molar-refractivity contribution in [1.29, 1.82) is 0 Å². The fourth-order valence-electron chi connectivity index (χ4n) is 4.48. The Morgan fingerprint density at radius 2 is 1.79 bits per heavy atom. The number of hydrogen-bond acceptors (Lipinski definition) is 7. The van der Waals surface area contributed by atoms with E-state index in [1.54, 1.807) is 30.5 Å². The van der Waals surface area contributed by atoms with Gasteiger partial charge in [-0.05, 0) is 69.2 Å². The van der Waals surface area contributed by atoms with Crippen LogP contribution in [0.4, 0.5) is 27.7 Å². The van der Waals surface area contributed by atoms with Crippen LogP contribution in [0.1, 0.15) is 35.3 Å². The Labute approximate surface area is 223 Å². The number of hydrogen-bond donors (Lipinski definition) is 2. The van der Waals surface area contributed by atoms with Crippen LogP contribution in [0.15, 0.2) is 54.7 Å². The largest absolute Gasteiger partial charge is 0.417 e. The molecule has 1 aromatic heterocycles. The van der Waals surface area contributed by atoms with Gasteiger partial charge < -0.3 is 24.6 Å². The summed E-state index contributed by atoms with van der Waals surface area (Å²) in [6.07, 6.45) is 0.984. The van der Waals surface area contributed by atoms with E-state index in [0.29, 0.717) is 35.9 Å². The molecule has 3 aromatic rings. The second-order valence-corrected chi connectivity index (χ2v) is 9.07. The van der Waals surface area contributed by atoms with Gasteiger partial charge in [-0.2, -0.15) is 0 Å². The van der Waals surface area contributed by atoms with Gasteiger partial charge in [0.05, 0.1) is 13.2 Å². The summed E-state index contributed by atoms with van der Waals surface area (Å²) in [5.74, 6) is 0.925. The van der Waals surface area contributed by atoms with Gasteiger partial charge in [0.2, 0.25) is 0 Å². The number of anilines is 4. The molecule has 4 rings (SSSR count). The van der Waals surface area contributed by atoms with Crippen LogP contribution in [0.25, 0.3) is 0 Å². The van der Waals surface area contributed by atoms with Gasteiger partial charge in [0.1, 0.15) is 11.6 Å². The quantitative estimate of drug-likeness (QED) is 0.422. The summed E-state index contributed by atoms with van der Waals surface area (Å²) in [6, 6.07) is 14.5. The molecule has 1 aliphatic heterocycles. The van der Waals surface area contributed by atoms with Crippen molar-refractivity contribution in [2.75, 3.05) is 59.8 Å². The lowest BCUT2D eigenvalue weighted by Gasteiger charge is -2.27. The van der Waals surface area contributed by atoms with Gasteiger partial charge in [0, 0.05) is 61.1 Å². The molecule has 1 fully saturated rings. The third-order valence-corrected chi connectivity index (χ3v) is 6.65. The fourth-order valence-corrected chi connectivity index (χ4v) is 4.48. The summed E-state index contributed by atoms with van der Waals surface area (Å²) in [6.45, 7) is 12.5. The summed E-state index contributed by atoms with van der Waals surface area (Å²) in [5.41, 5.74) is 4.58. The third-order valence-electron chi connectivity index (χ3n) is 6.65. The predicted octanol–water partition coefficient (Wildman–Crippen LogP) is 5.24. The highest BCUT2D eigenvalue weighted by Crippen LogP contribution is 2.26. The lowest BCUT2D eigenvalue weighted by Crippen LogP contribution is -2.36. The molecule has 1 aliphatic rings. The van der Waals surface area contributed by atoms with E-state index in [2.05, 4.69) is 39.3 Å². The van der Waals surface area contributed by atoms with Crippen LogP contribution in [0, 0.1) is 13.8 Å². The zero-order valence-corrected chi connectivity index (χ0v) is 22.4. The van der Waals surface area contributed by atoms with Gasteiger partial charge in [-0.15, -0.1) is 0 Å². The molecule has 0 atom stereocenters. The molecule has 2 amide bonds. The topological polar surface area (TPSA) is 96.0 Å². The zero-order chi connectivity index (χ0) is 27.1. The minimum absolute atomic E-state index is 0.202. The molecule has 38 heavy (non-hydrogen) atoms. The summed E-state index contributed by atoms with van der Waals surface area (Å²) >= 11 is 0. The van der Waals surface area contributed by atoms with Gasteiger partial charge in [-0.1, -0.05) is 12.1 Å². The maximum Gasteiger partial charge on any atom is 0.417 e. The summed E-state index contributed by atoms with van der Waals surface area (Å²) < 4.78 is 10.9. The Balaban J connectivity index is 1.44. The second-order valence-electron chi connectivity index (χ2n) is 9.07. The fraction of sp³-hybridized carbons (Fsp3) is 0.345. The Morgan fingerprint density at radius 1 is 1.03 bits per heavy atom. The van der Waals surface area contributed by atoms with Gasteiger partial charge in [-0.3, -0.25) is 10.1 Å². The van der Waals surface area contributed by atoms with Crippen molar-refractivity contribution >= 4 is 34.9 Å². The van der Waals surface area contributed by atoms with Crippen molar-refractivity contribution < 1.29 is 19.1 Å². The first-order valence-corrected chi connectivity index (χ1v) is 12.9. The molecule has 9 heteroatoms. The Hall–Kier alpha value is -4.11. The molecule has 1 saturated heterocycles. The number of nitrogens with zero attached hydrogens (tertiary/aromatic N) is 3. The molecule has 0 unspecified atom stereocenters. The molecule has 2 aromatic carbocycles. The third kappa shape index (κ3) is 6.41. The number of nitrogens with one attached hydrogen (secondary N) is 2. The van der Waals surface area contributed by atoms with Crippen molar-refractivity contribution in [1.82, 2.24) is 4.98 Å². The Bertz CT molecular complexity index is 1290. The van der Waals surface area contributed by atoms with E-state index < -0.39 is 6.09 Å². The summed E-state index contributed by atoms with van der Waals surface area (Å²) in [7, 11) is 0. The monoisotopic (exact) mass is 517 g/mol. The maximum atomic E-state index is 13.2. The Morgan fingerprint density at radius 3 is 2.53 bits per heavy atom. The smallest absolute Gasteiger partial charge is 0.410 e. The van der Waals surface area contributed by atoms with E-state index in [-0.39, 0.29) is 5.91 Å². The molecule has 2 heterocycles. The number of aryl methyl sites for hydroxylation is 1. The molecule has 0 saturated carbocycles. The highest BCUT2D eigenvalue weighted by molar-refractivity contribution is 6.06. The van der Waals surface area contributed by atoms with E-state index in [1.165, 1.54) is 0 Å². The number of aromatic nitrogens is 1. The van der Waals surface area contributed by atoms with Crippen LogP contribution in [-0.4, -0.2) is 56.4 Å². The minimum atomic E-state index is -0.631. The molecule has 200 valence electrons.